The minimum Gasteiger partial charge on any atom is -0.456 e. The molecular weight excluding hydrogens is 500 g/mol. The van der Waals surface area contributed by atoms with E-state index in [1.807, 2.05) is 68.4 Å². The molecule has 6 heterocycles. The van der Waals surface area contributed by atoms with Gasteiger partial charge in [-0.1, -0.05) is 43.8 Å². The maximum atomic E-state index is 11.6. The fourth-order valence-electron chi connectivity index (χ4n) is 4.42. The van der Waals surface area contributed by atoms with Gasteiger partial charge in [0.2, 0.25) is 0 Å². The van der Waals surface area contributed by atoms with E-state index in [1.165, 1.54) is 0 Å². The van der Waals surface area contributed by atoms with Gasteiger partial charge in [-0.2, -0.15) is 15.0 Å². The van der Waals surface area contributed by atoms with Crippen LogP contribution in [0.2, 0.25) is 0 Å². The molecule has 0 amide bonds. The van der Waals surface area contributed by atoms with Crippen LogP contribution in [0.25, 0.3) is 55.3 Å². The lowest BCUT2D eigenvalue weighted by Gasteiger charge is -2.17. The molecule has 10 heteroatoms. The van der Waals surface area contributed by atoms with Gasteiger partial charge in [-0.15, -0.1) is 0 Å². The summed E-state index contributed by atoms with van der Waals surface area (Å²) < 4.78 is 5.79. The Hall–Kier alpha value is -4.83. The average molecular weight is 521 g/mol. The van der Waals surface area contributed by atoms with Crippen LogP contribution in [-0.2, 0) is 0 Å². The van der Waals surface area contributed by atoms with Gasteiger partial charge in [-0.25, -0.2) is 14.6 Å². The molecule has 8 rings (SSSR count). The van der Waals surface area contributed by atoms with E-state index in [0.717, 1.165) is 42.9 Å². The predicted octanol–water partition coefficient (Wildman–Crippen LogP) is 5.69. The second kappa shape index (κ2) is 9.56. The largest absolute Gasteiger partial charge is 0.456 e. The van der Waals surface area contributed by atoms with E-state index in [9.17, 15) is 9.59 Å². The van der Waals surface area contributed by atoms with Crippen LogP contribution in [-0.4, -0.2) is 29.9 Å². The number of hydrogen-bond acceptors (Lipinski definition) is 8. The molecular formula is C28H20N6O3S. The highest BCUT2D eigenvalue weighted by Gasteiger charge is 2.21. The molecule has 1 aliphatic rings. The predicted molar refractivity (Wildman–Crippen MR) is 149 cm³/mol. The Kier molecular flexibility index (Phi) is 5.93. The number of rotatable bonds is 0. The second-order valence-electron chi connectivity index (χ2n) is 8.05. The summed E-state index contributed by atoms with van der Waals surface area (Å²) in [6, 6.07) is 19.0. The Morgan fingerprint density at radius 1 is 0.842 bits per heavy atom. The van der Waals surface area contributed by atoms with Gasteiger partial charge < -0.3 is 14.4 Å². The van der Waals surface area contributed by atoms with Crippen molar-refractivity contribution in [3.63, 3.8) is 0 Å². The molecule has 0 unspecified atom stereocenters. The highest BCUT2D eigenvalue weighted by atomic mass is 32.2. The Bertz CT molecular complexity index is 2100. The first kappa shape index (κ1) is 23.6. The molecule has 5 aromatic heterocycles. The van der Waals surface area contributed by atoms with Crippen molar-refractivity contribution in [2.75, 3.05) is 0 Å². The van der Waals surface area contributed by atoms with Crippen molar-refractivity contribution >= 4 is 55.8 Å². The van der Waals surface area contributed by atoms with Crippen LogP contribution in [0.4, 0.5) is 0 Å². The lowest BCUT2D eigenvalue weighted by atomic mass is 10.1. The minimum atomic E-state index is -0.498. The fourth-order valence-corrected chi connectivity index (χ4v) is 5.48. The van der Waals surface area contributed by atoms with Crippen molar-refractivity contribution in [2.24, 2.45) is 0 Å². The molecule has 38 heavy (non-hydrogen) atoms. The van der Waals surface area contributed by atoms with Gasteiger partial charge in [0.15, 0.2) is 0 Å². The van der Waals surface area contributed by atoms with E-state index in [4.69, 9.17) is 4.42 Å². The Balaban J connectivity index is 0.000000131. The lowest BCUT2D eigenvalue weighted by molar-refractivity contribution is 0.661. The van der Waals surface area contributed by atoms with Crippen molar-refractivity contribution < 1.29 is 4.42 Å². The number of nitrogens with zero attached hydrogens (tertiary/aromatic N) is 4. The van der Waals surface area contributed by atoms with E-state index in [2.05, 4.69) is 29.9 Å². The first-order chi connectivity index (χ1) is 18.7. The molecule has 9 nitrogen and oxygen atoms in total. The summed E-state index contributed by atoms with van der Waals surface area (Å²) in [6.45, 7) is 4.00. The standard InChI is InChI=1S/C13H7N3O2.C13H7N3OS.C2H6/c17-13-15-11-7-3-1-2-4-8(7)18-9-5-6-14-12(16-13)10(9)11;17-13-15-8-4-1-5-9-10(8)11(16-13)7-3-2-6-14-12(7)18-9;1-2/h1-6H,(H,14,15,16,17);1-6H,(H,15,16,17);1-2H3. The highest BCUT2D eigenvalue weighted by molar-refractivity contribution is 7.99. The second-order valence-corrected chi connectivity index (χ2v) is 9.08. The zero-order valence-electron chi connectivity index (χ0n) is 20.4. The van der Waals surface area contributed by atoms with Gasteiger partial charge in [-0.05, 0) is 42.5 Å². The molecule has 0 bridgehead atoms. The maximum absolute atomic E-state index is 11.6. The average Bonchev–Trinajstić information content (AvgIpc) is 2.94. The van der Waals surface area contributed by atoms with Gasteiger partial charge in [0.25, 0.3) is 0 Å². The van der Waals surface area contributed by atoms with E-state index in [1.54, 1.807) is 30.2 Å². The number of aromatic amines is 2. The van der Waals surface area contributed by atoms with Crippen LogP contribution in [0, 0.1) is 0 Å². The van der Waals surface area contributed by atoms with Gasteiger partial charge in [0.05, 0.1) is 22.1 Å². The van der Waals surface area contributed by atoms with E-state index in [-0.39, 0.29) is 5.69 Å². The zero-order chi connectivity index (χ0) is 26.2. The summed E-state index contributed by atoms with van der Waals surface area (Å²) in [5.41, 5.74) is 4.15. The van der Waals surface area contributed by atoms with Crippen molar-refractivity contribution in [3.05, 3.63) is 94.0 Å². The summed E-state index contributed by atoms with van der Waals surface area (Å²) in [4.78, 5) is 46.2. The monoisotopic (exact) mass is 520 g/mol. The van der Waals surface area contributed by atoms with E-state index >= 15 is 0 Å². The normalized spacial score (nSPS) is 11.5. The fraction of sp³-hybridized carbons (Fsp3) is 0.0714. The smallest absolute Gasteiger partial charge is 0.369 e. The van der Waals surface area contributed by atoms with Crippen molar-refractivity contribution in [2.45, 2.75) is 23.8 Å². The number of aromatic nitrogens is 6. The van der Waals surface area contributed by atoms with Crippen molar-refractivity contribution in [1.82, 2.24) is 29.9 Å². The molecule has 1 aliphatic heterocycles. The molecule has 0 radical (unpaired) electrons. The van der Waals surface area contributed by atoms with Crippen LogP contribution in [0.3, 0.4) is 0 Å². The topological polar surface area (TPSA) is 130 Å². The third-order valence-electron chi connectivity index (χ3n) is 5.90. The van der Waals surface area contributed by atoms with Gasteiger partial charge >= 0.3 is 11.4 Å². The molecule has 0 aliphatic carbocycles. The van der Waals surface area contributed by atoms with Gasteiger partial charge in [-0.3, -0.25) is 0 Å². The first-order valence-corrected chi connectivity index (χ1v) is 12.8. The summed E-state index contributed by atoms with van der Waals surface area (Å²) in [5, 5.41) is 3.46. The van der Waals surface area contributed by atoms with E-state index < -0.39 is 5.69 Å². The molecule has 186 valence electrons. The zero-order valence-corrected chi connectivity index (χ0v) is 21.2. The molecule has 0 fully saturated rings. The van der Waals surface area contributed by atoms with Crippen LogP contribution in [0.1, 0.15) is 13.8 Å². The lowest BCUT2D eigenvalue weighted by Crippen LogP contribution is -2.13. The van der Waals surface area contributed by atoms with E-state index in [0.29, 0.717) is 22.3 Å². The summed E-state index contributed by atoms with van der Waals surface area (Å²) in [7, 11) is 0. The Morgan fingerprint density at radius 2 is 1.71 bits per heavy atom. The summed E-state index contributed by atoms with van der Waals surface area (Å²) >= 11 is 1.61. The Morgan fingerprint density at radius 3 is 2.61 bits per heavy atom. The molecule has 0 atom stereocenters. The molecule has 0 saturated carbocycles. The number of benzene rings is 2. The minimum absolute atomic E-state index is 0.323. The number of H-pyrrole nitrogens is 2. The number of hydrogen-bond donors (Lipinski definition) is 2. The number of para-hydroxylation sites is 1. The highest BCUT2D eigenvalue weighted by Crippen LogP contribution is 2.44. The van der Waals surface area contributed by atoms with Crippen LogP contribution in [0.15, 0.2) is 97.0 Å². The quantitative estimate of drug-likeness (QED) is 0.193. The van der Waals surface area contributed by atoms with Crippen molar-refractivity contribution in [1.29, 1.82) is 0 Å². The summed E-state index contributed by atoms with van der Waals surface area (Å²) in [6.07, 6.45) is 3.45. The van der Waals surface area contributed by atoms with Crippen LogP contribution >= 0.6 is 11.8 Å². The first-order valence-electron chi connectivity index (χ1n) is 12.0. The maximum Gasteiger partial charge on any atom is 0.369 e. The number of pyridine rings is 2. The van der Waals surface area contributed by atoms with Crippen molar-refractivity contribution in [3.8, 4) is 11.3 Å². The molecule has 2 N–H and O–H groups in total. The summed E-state index contributed by atoms with van der Waals surface area (Å²) in [5.74, 6) is 0. The van der Waals surface area contributed by atoms with Gasteiger partial charge in [0, 0.05) is 33.6 Å². The number of nitrogens with one attached hydrogen (secondary N) is 2. The molecule has 0 saturated heterocycles. The van der Waals surface area contributed by atoms with Crippen LogP contribution in [0.5, 0.6) is 0 Å². The SMILES string of the molecule is CC.O=c1nc2[nH]ccc3oc4ccccc4c(n1)c23.O=c1nc2c3c(cccc3[nH]1)Sc1ncccc1-2. The third kappa shape index (κ3) is 3.91. The number of fused-ring (bicyclic) bond motifs is 4. The molecule has 0 spiro atoms. The third-order valence-corrected chi connectivity index (χ3v) is 6.98. The van der Waals surface area contributed by atoms with Crippen LogP contribution < -0.4 is 11.4 Å². The molecule has 7 aromatic rings. The molecule has 2 aromatic carbocycles. The Labute approximate surface area is 219 Å². The van der Waals surface area contributed by atoms with Gasteiger partial charge in [0.1, 0.15) is 21.8 Å².